The smallest absolute Gasteiger partial charge is 0.178 e. The van der Waals surface area contributed by atoms with Crippen molar-refractivity contribution in [1.29, 1.82) is 0 Å². The molecule has 2 heteroatoms. The number of hydrogen-bond acceptors (Lipinski definition) is 1. The van der Waals surface area contributed by atoms with Gasteiger partial charge in [0.15, 0.2) is 7.98 Å². The molecule has 34 valence electrons. The Balaban J connectivity index is 2.75. The van der Waals surface area contributed by atoms with Gasteiger partial charge < -0.3 is 5.23 Å². The molecular weight excluding hydrogens is 72.9 g/mol. The van der Waals surface area contributed by atoms with Gasteiger partial charge in [-0.25, -0.2) is 0 Å². The first-order valence-corrected chi connectivity index (χ1v) is 2.27. The molecule has 0 bridgehead atoms. The van der Waals surface area contributed by atoms with Gasteiger partial charge in [-0.05, 0) is 12.5 Å². The lowest BCUT2D eigenvalue weighted by molar-refractivity contribution is 0.661. The van der Waals surface area contributed by atoms with E-state index in [9.17, 15) is 0 Å². The largest absolute Gasteiger partial charge is 0.364 e. The predicted octanol–water partition coefficient (Wildman–Crippen LogP) is 0.458. The second-order valence-electron chi connectivity index (χ2n) is 1.48. The van der Waals surface area contributed by atoms with Crippen molar-refractivity contribution >= 4 is 7.98 Å². The molecule has 2 radical (unpaired) electrons. The molecule has 0 heterocycles. The minimum atomic E-state index is 0.463. The Labute approximate surface area is 40.6 Å². The zero-order chi connectivity index (χ0) is 4.99. The van der Waals surface area contributed by atoms with E-state index < -0.39 is 0 Å². The van der Waals surface area contributed by atoms with E-state index >= 15 is 0 Å². The molecule has 1 atom stereocenters. The van der Waals surface area contributed by atoms with Gasteiger partial charge >= 0.3 is 0 Å². The van der Waals surface area contributed by atoms with Crippen molar-refractivity contribution in [3.63, 3.8) is 0 Å². The highest BCUT2D eigenvalue weighted by Crippen LogP contribution is 1.82. The van der Waals surface area contributed by atoms with Gasteiger partial charge in [-0.2, -0.15) is 0 Å². The highest BCUT2D eigenvalue weighted by molar-refractivity contribution is 6.04. The standard InChI is InChI=1S/C4H10BN/c1-3-4(2)6-5/h4,6H,3H2,1-2H3/t4-/m1/s1. The minimum absolute atomic E-state index is 0.463. The van der Waals surface area contributed by atoms with Crippen molar-refractivity contribution in [1.82, 2.24) is 5.23 Å². The SMILES string of the molecule is [B]N[C@H](C)CC. The van der Waals surface area contributed by atoms with Crippen molar-refractivity contribution in [3.8, 4) is 0 Å². The average Bonchev–Trinajstić information content (AvgIpc) is 1.65. The normalized spacial score (nSPS) is 14.3. The van der Waals surface area contributed by atoms with Crippen molar-refractivity contribution < 1.29 is 0 Å². The van der Waals surface area contributed by atoms with E-state index in [1.807, 2.05) is 6.92 Å². The molecule has 0 aromatic rings. The van der Waals surface area contributed by atoms with Crippen LogP contribution in [0.1, 0.15) is 20.3 Å². The zero-order valence-corrected chi connectivity index (χ0v) is 4.36. The third-order valence-corrected chi connectivity index (χ3v) is 0.897. The van der Waals surface area contributed by atoms with Gasteiger partial charge in [-0.15, -0.1) is 0 Å². The van der Waals surface area contributed by atoms with Crippen LogP contribution in [0, 0.1) is 0 Å². The predicted molar refractivity (Wildman–Crippen MR) is 28.6 cm³/mol. The van der Waals surface area contributed by atoms with Crippen molar-refractivity contribution in [3.05, 3.63) is 0 Å². The van der Waals surface area contributed by atoms with Crippen LogP contribution in [0.2, 0.25) is 0 Å². The molecule has 0 aliphatic heterocycles. The zero-order valence-electron chi connectivity index (χ0n) is 4.36. The summed E-state index contributed by atoms with van der Waals surface area (Å²) in [5, 5.41) is 2.61. The van der Waals surface area contributed by atoms with Gasteiger partial charge in [0.05, 0.1) is 0 Å². The maximum atomic E-state index is 5.03. The van der Waals surface area contributed by atoms with Crippen LogP contribution in [0.15, 0.2) is 0 Å². The monoisotopic (exact) mass is 83.1 g/mol. The molecule has 0 rings (SSSR count). The van der Waals surface area contributed by atoms with Crippen LogP contribution in [0.5, 0.6) is 0 Å². The molecule has 0 aliphatic rings. The van der Waals surface area contributed by atoms with Crippen LogP contribution in [0.3, 0.4) is 0 Å². The summed E-state index contributed by atoms with van der Waals surface area (Å²) in [4.78, 5) is 0. The topological polar surface area (TPSA) is 12.0 Å². The fraction of sp³-hybridized carbons (Fsp3) is 1.00. The summed E-state index contributed by atoms with van der Waals surface area (Å²) in [6.45, 7) is 4.13. The van der Waals surface area contributed by atoms with E-state index in [0.29, 0.717) is 6.04 Å². The quantitative estimate of drug-likeness (QED) is 0.478. The van der Waals surface area contributed by atoms with Gasteiger partial charge in [0.25, 0.3) is 0 Å². The highest BCUT2D eigenvalue weighted by atomic mass is 14.8. The third-order valence-electron chi connectivity index (χ3n) is 0.897. The Bertz CT molecular complexity index is 26.7. The Hall–Kier alpha value is 0.0249. The van der Waals surface area contributed by atoms with Gasteiger partial charge in [0, 0.05) is 0 Å². The van der Waals surface area contributed by atoms with E-state index in [4.69, 9.17) is 7.98 Å². The number of hydrogen-bond donors (Lipinski definition) is 1. The summed E-state index contributed by atoms with van der Waals surface area (Å²) in [7, 11) is 5.03. The second kappa shape index (κ2) is 3.22. The second-order valence-corrected chi connectivity index (χ2v) is 1.48. The van der Waals surface area contributed by atoms with Gasteiger partial charge in [-0.3, -0.25) is 0 Å². The van der Waals surface area contributed by atoms with Crippen molar-refractivity contribution in [2.24, 2.45) is 0 Å². The lowest BCUT2D eigenvalue weighted by Gasteiger charge is -2.02. The maximum absolute atomic E-state index is 5.03. The first-order chi connectivity index (χ1) is 2.81. The number of rotatable bonds is 2. The van der Waals surface area contributed by atoms with Gasteiger partial charge in [0.2, 0.25) is 0 Å². The molecule has 0 amide bonds. The van der Waals surface area contributed by atoms with Crippen molar-refractivity contribution in [2.75, 3.05) is 0 Å². The first-order valence-electron chi connectivity index (χ1n) is 2.27. The summed E-state index contributed by atoms with van der Waals surface area (Å²) in [6, 6.07) is 0.463. The van der Waals surface area contributed by atoms with E-state index in [1.54, 1.807) is 0 Å². The fourth-order valence-electron chi connectivity index (χ4n) is 0.118. The molecule has 0 saturated carbocycles. The van der Waals surface area contributed by atoms with Crippen LogP contribution in [0.4, 0.5) is 0 Å². The Morgan fingerprint density at radius 3 is 2.33 bits per heavy atom. The fourth-order valence-corrected chi connectivity index (χ4v) is 0.118. The summed E-state index contributed by atoms with van der Waals surface area (Å²) >= 11 is 0. The Morgan fingerprint density at radius 1 is 1.83 bits per heavy atom. The van der Waals surface area contributed by atoms with Gasteiger partial charge in [-0.1, -0.05) is 13.8 Å². The van der Waals surface area contributed by atoms with Crippen LogP contribution in [-0.4, -0.2) is 14.0 Å². The highest BCUT2D eigenvalue weighted by Gasteiger charge is 1.86. The van der Waals surface area contributed by atoms with Crippen LogP contribution in [-0.2, 0) is 0 Å². The molecule has 6 heavy (non-hydrogen) atoms. The molecule has 1 nitrogen and oxygen atoms in total. The summed E-state index contributed by atoms with van der Waals surface area (Å²) in [5.41, 5.74) is 0. The first kappa shape index (κ1) is 6.02. The molecule has 0 saturated heterocycles. The Morgan fingerprint density at radius 2 is 2.33 bits per heavy atom. The molecule has 0 aromatic carbocycles. The molecule has 0 spiro atoms. The molecule has 1 N–H and O–H groups in total. The molecule has 0 unspecified atom stereocenters. The van der Waals surface area contributed by atoms with Gasteiger partial charge in [0.1, 0.15) is 0 Å². The van der Waals surface area contributed by atoms with Crippen LogP contribution >= 0.6 is 0 Å². The molecule has 0 fully saturated rings. The van der Waals surface area contributed by atoms with E-state index in [0.717, 1.165) is 6.42 Å². The molecule has 0 aromatic heterocycles. The summed E-state index contributed by atoms with van der Waals surface area (Å²) in [6.07, 6.45) is 1.09. The molecule has 0 aliphatic carbocycles. The lowest BCUT2D eigenvalue weighted by Crippen LogP contribution is -2.20. The van der Waals surface area contributed by atoms with E-state index in [-0.39, 0.29) is 0 Å². The lowest BCUT2D eigenvalue weighted by atomic mass is 10.2. The van der Waals surface area contributed by atoms with E-state index in [1.165, 1.54) is 0 Å². The third kappa shape index (κ3) is 2.27. The van der Waals surface area contributed by atoms with Crippen LogP contribution in [0.25, 0.3) is 0 Å². The minimum Gasteiger partial charge on any atom is -0.364 e. The average molecular weight is 82.9 g/mol. The van der Waals surface area contributed by atoms with Crippen LogP contribution < -0.4 is 5.23 Å². The number of nitrogens with one attached hydrogen (secondary N) is 1. The van der Waals surface area contributed by atoms with Crippen molar-refractivity contribution in [2.45, 2.75) is 26.3 Å². The maximum Gasteiger partial charge on any atom is 0.178 e. The summed E-state index contributed by atoms with van der Waals surface area (Å²) in [5.74, 6) is 0. The Kier molecular flexibility index (Phi) is 3.24. The summed E-state index contributed by atoms with van der Waals surface area (Å²) < 4.78 is 0. The molecular formula is C4H10BN. The van der Waals surface area contributed by atoms with E-state index in [2.05, 4.69) is 12.2 Å².